The molecule has 0 amide bonds. The second kappa shape index (κ2) is 11.0. The van der Waals surface area contributed by atoms with Gasteiger partial charge in [-0.1, -0.05) is 28.9 Å². The average molecular weight is 330 g/mol. The molecule has 1 N–H and O–H groups in total. The van der Waals surface area contributed by atoms with E-state index in [1.807, 2.05) is 6.92 Å². The van der Waals surface area contributed by atoms with Gasteiger partial charge in [0.15, 0.2) is 5.85 Å². The Hall–Kier alpha value is -0.670. The SMILES string of the molecule is COP(=O)(OC)C(O)C=C(C)CCC=C(C)CCC=C(C)C. The third kappa shape index (κ3) is 8.70. The van der Waals surface area contributed by atoms with Gasteiger partial charge < -0.3 is 14.2 Å². The molecule has 0 aliphatic carbocycles. The summed E-state index contributed by atoms with van der Waals surface area (Å²) >= 11 is 0. The van der Waals surface area contributed by atoms with Gasteiger partial charge >= 0.3 is 7.60 Å². The maximum atomic E-state index is 12.0. The summed E-state index contributed by atoms with van der Waals surface area (Å²) in [5, 5.41) is 9.90. The quantitative estimate of drug-likeness (QED) is 0.441. The van der Waals surface area contributed by atoms with E-state index in [0.717, 1.165) is 31.3 Å². The Morgan fingerprint density at radius 2 is 1.50 bits per heavy atom. The maximum absolute atomic E-state index is 12.0. The third-order valence-electron chi connectivity index (χ3n) is 3.39. The molecule has 0 bridgehead atoms. The van der Waals surface area contributed by atoms with E-state index in [9.17, 15) is 9.67 Å². The maximum Gasteiger partial charge on any atom is 0.362 e. The first-order valence-electron chi connectivity index (χ1n) is 7.60. The van der Waals surface area contributed by atoms with E-state index in [1.54, 1.807) is 6.08 Å². The highest BCUT2D eigenvalue weighted by molar-refractivity contribution is 7.54. The topological polar surface area (TPSA) is 55.8 Å². The van der Waals surface area contributed by atoms with Gasteiger partial charge in [0.05, 0.1) is 0 Å². The molecule has 0 aromatic rings. The van der Waals surface area contributed by atoms with Crippen LogP contribution in [0, 0.1) is 0 Å². The van der Waals surface area contributed by atoms with E-state index in [0.29, 0.717) is 0 Å². The standard InChI is InChI=1S/C17H31O4P/c1-14(2)9-7-10-15(3)11-8-12-16(4)13-17(18)22(19,20-5)21-6/h9,11,13,17-18H,7-8,10,12H2,1-6H3. The fourth-order valence-electron chi connectivity index (χ4n) is 1.96. The highest BCUT2D eigenvalue weighted by Crippen LogP contribution is 2.51. The minimum absolute atomic E-state index is 0.810. The van der Waals surface area contributed by atoms with Gasteiger partial charge in [0, 0.05) is 14.2 Å². The van der Waals surface area contributed by atoms with Gasteiger partial charge in [-0.15, -0.1) is 0 Å². The van der Waals surface area contributed by atoms with E-state index in [2.05, 4.69) is 32.9 Å². The Labute approximate surface area is 135 Å². The molecule has 0 saturated carbocycles. The smallest absolute Gasteiger partial charge is 0.362 e. The van der Waals surface area contributed by atoms with Crippen LogP contribution < -0.4 is 0 Å². The minimum Gasteiger partial charge on any atom is -0.377 e. The zero-order valence-corrected chi connectivity index (χ0v) is 15.7. The predicted octanol–water partition coefficient (Wildman–Crippen LogP) is 5.21. The van der Waals surface area contributed by atoms with E-state index >= 15 is 0 Å². The monoisotopic (exact) mass is 330 g/mol. The molecule has 1 unspecified atom stereocenters. The summed E-state index contributed by atoms with van der Waals surface area (Å²) in [5.41, 5.74) is 3.68. The molecule has 0 fully saturated rings. The van der Waals surface area contributed by atoms with Crippen LogP contribution in [-0.2, 0) is 13.6 Å². The van der Waals surface area contributed by atoms with Crippen LogP contribution in [-0.4, -0.2) is 25.2 Å². The summed E-state index contributed by atoms with van der Waals surface area (Å²) in [7, 11) is -0.898. The lowest BCUT2D eigenvalue weighted by atomic mass is 10.1. The molecule has 4 nitrogen and oxygen atoms in total. The van der Waals surface area contributed by atoms with Crippen molar-refractivity contribution in [1.29, 1.82) is 0 Å². The molecule has 1 atom stereocenters. The first-order chi connectivity index (χ1) is 10.2. The fraction of sp³-hybridized carbons (Fsp3) is 0.647. The Balaban J connectivity index is 4.38. The van der Waals surface area contributed by atoms with Crippen molar-refractivity contribution in [3.63, 3.8) is 0 Å². The molecule has 0 spiro atoms. The lowest BCUT2D eigenvalue weighted by molar-refractivity contribution is 0.200. The molecular formula is C17H31O4P. The molecule has 0 aromatic carbocycles. The molecule has 0 aliphatic heterocycles. The summed E-state index contributed by atoms with van der Waals surface area (Å²) in [5.74, 6) is -1.22. The van der Waals surface area contributed by atoms with Crippen molar-refractivity contribution in [3.05, 3.63) is 34.9 Å². The summed E-state index contributed by atoms with van der Waals surface area (Å²) in [6.07, 6.45) is 9.87. The number of rotatable bonds is 10. The van der Waals surface area contributed by atoms with Gasteiger partial charge in [0.1, 0.15) is 0 Å². The van der Waals surface area contributed by atoms with Gasteiger partial charge in [-0.25, -0.2) is 0 Å². The van der Waals surface area contributed by atoms with Crippen LogP contribution >= 0.6 is 7.60 Å². The van der Waals surface area contributed by atoms with Gasteiger partial charge in [-0.2, -0.15) is 0 Å². The molecular weight excluding hydrogens is 299 g/mol. The van der Waals surface area contributed by atoms with Gasteiger partial charge in [-0.3, -0.25) is 4.57 Å². The molecule has 128 valence electrons. The first kappa shape index (κ1) is 21.3. The number of hydrogen-bond acceptors (Lipinski definition) is 4. The lowest BCUT2D eigenvalue weighted by Crippen LogP contribution is -2.07. The zero-order chi connectivity index (χ0) is 17.2. The highest BCUT2D eigenvalue weighted by atomic mass is 31.2. The molecule has 22 heavy (non-hydrogen) atoms. The Morgan fingerprint density at radius 1 is 1.00 bits per heavy atom. The van der Waals surface area contributed by atoms with Crippen molar-refractivity contribution >= 4 is 7.60 Å². The van der Waals surface area contributed by atoms with Crippen molar-refractivity contribution in [1.82, 2.24) is 0 Å². The normalized spacial score (nSPS) is 14.9. The lowest BCUT2D eigenvalue weighted by Gasteiger charge is -2.17. The Morgan fingerprint density at radius 3 is 2.00 bits per heavy atom. The van der Waals surface area contributed by atoms with Crippen LogP contribution in [0.15, 0.2) is 34.9 Å². The molecule has 0 heterocycles. The zero-order valence-electron chi connectivity index (χ0n) is 14.8. The molecule has 0 aliphatic rings. The van der Waals surface area contributed by atoms with Gasteiger partial charge in [0.25, 0.3) is 0 Å². The molecule has 0 aromatic heterocycles. The Kier molecular flexibility index (Phi) is 10.6. The highest BCUT2D eigenvalue weighted by Gasteiger charge is 2.30. The summed E-state index contributed by atoms with van der Waals surface area (Å²) in [4.78, 5) is 0. The number of hydrogen-bond donors (Lipinski definition) is 1. The van der Waals surface area contributed by atoms with Crippen molar-refractivity contribution in [2.24, 2.45) is 0 Å². The summed E-state index contributed by atoms with van der Waals surface area (Å²) in [6, 6.07) is 0. The summed E-state index contributed by atoms with van der Waals surface area (Å²) < 4.78 is 21.5. The largest absolute Gasteiger partial charge is 0.377 e. The van der Waals surface area contributed by atoms with Crippen LogP contribution in [0.3, 0.4) is 0 Å². The van der Waals surface area contributed by atoms with Gasteiger partial charge in [0.2, 0.25) is 0 Å². The van der Waals surface area contributed by atoms with Crippen LogP contribution in [0.2, 0.25) is 0 Å². The second-order valence-electron chi connectivity index (χ2n) is 5.74. The fourth-order valence-corrected chi connectivity index (χ4v) is 2.97. The van der Waals surface area contributed by atoms with E-state index in [1.165, 1.54) is 25.4 Å². The van der Waals surface area contributed by atoms with Crippen LogP contribution in [0.1, 0.15) is 53.4 Å². The molecule has 5 heteroatoms. The van der Waals surface area contributed by atoms with Crippen LogP contribution in [0.25, 0.3) is 0 Å². The number of aliphatic hydroxyl groups is 1. The predicted molar refractivity (Wildman–Crippen MR) is 93.0 cm³/mol. The van der Waals surface area contributed by atoms with E-state index in [-0.39, 0.29) is 0 Å². The van der Waals surface area contributed by atoms with Crippen molar-refractivity contribution in [3.8, 4) is 0 Å². The van der Waals surface area contributed by atoms with Crippen LogP contribution in [0.5, 0.6) is 0 Å². The number of allylic oxidation sites excluding steroid dienone is 5. The Bertz CT molecular complexity index is 451. The molecule has 0 radical (unpaired) electrons. The second-order valence-corrected chi connectivity index (χ2v) is 8.08. The first-order valence-corrected chi connectivity index (χ1v) is 9.22. The minimum atomic E-state index is -3.44. The average Bonchev–Trinajstić information content (AvgIpc) is 2.45. The van der Waals surface area contributed by atoms with Crippen LogP contribution in [0.4, 0.5) is 0 Å². The van der Waals surface area contributed by atoms with Crippen molar-refractivity contribution in [2.75, 3.05) is 14.2 Å². The summed E-state index contributed by atoms with van der Waals surface area (Å²) in [6.45, 7) is 8.26. The van der Waals surface area contributed by atoms with Crippen molar-refractivity contribution in [2.45, 2.75) is 59.2 Å². The van der Waals surface area contributed by atoms with E-state index in [4.69, 9.17) is 9.05 Å². The van der Waals surface area contributed by atoms with Gasteiger partial charge in [-0.05, 0) is 59.5 Å². The molecule has 0 rings (SSSR count). The number of aliphatic hydroxyl groups excluding tert-OH is 1. The van der Waals surface area contributed by atoms with Crippen molar-refractivity contribution < 1.29 is 18.7 Å². The third-order valence-corrected chi connectivity index (χ3v) is 5.20. The molecule has 0 saturated heterocycles. The van der Waals surface area contributed by atoms with E-state index < -0.39 is 13.4 Å².